The number of hydrogen-bond acceptors (Lipinski definition) is 5. The third kappa shape index (κ3) is 5.30. The molecule has 4 nitrogen and oxygen atoms in total. The first-order valence-electron chi connectivity index (χ1n) is 6.98. The number of benzene rings is 2. The predicted molar refractivity (Wildman–Crippen MR) is 113 cm³/mol. The zero-order chi connectivity index (χ0) is 17.8. The van der Waals surface area contributed by atoms with Crippen LogP contribution >= 0.6 is 68.9 Å². The van der Waals surface area contributed by atoms with E-state index in [0.717, 1.165) is 13.5 Å². The van der Waals surface area contributed by atoms with E-state index in [9.17, 15) is 4.79 Å². The van der Waals surface area contributed by atoms with Gasteiger partial charge in [0.15, 0.2) is 4.34 Å². The number of aromatic nitrogens is 2. The molecule has 0 aliphatic heterocycles. The van der Waals surface area contributed by atoms with E-state index in [1.54, 1.807) is 18.2 Å². The summed E-state index contributed by atoms with van der Waals surface area (Å²) in [6.45, 7) is 0. The zero-order valence-electron chi connectivity index (χ0n) is 12.5. The molecule has 1 amide bonds. The van der Waals surface area contributed by atoms with Crippen LogP contribution in [0.3, 0.4) is 0 Å². The fourth-order valence-electron chi connectivity index (χ4n) is 1.90. The van der Waals surface area contributed by atoms with Gasteiger partial charge in [0.25, 0.3) is 5.91 Å². The molecule has 0 fully saturated rings. The summed E-state index contributed by atoms with van der Waals surface area (Å²) in [5.41, 5.74) is 1.56. The maximum atomic E-state index is 12.2. The summed E-state index contributed by atoms with van der Waals surface area (Å²) in [7, 11) is 0. The Bertz CT molecular complexity index is 920. The first kappa shape index (κ1) is 18.9. The normalized spacial score (nSPS) is 10.7. The molecule has 0 bridgehead atoms. The average molecular weight is 522 g/mol. The van der Waals surface area contributed by atoms with Gasteiger partial charge in [-0.1, -0.05) is 58.4 Å². The van der Waals surface area contributed by atoms with Crippen LogP contribution in [0.4, 0.5) is 5.13 Å². The Kier molecular flexibility index (Phi) is 6.56. The molecule has 1 aromatic heterocycles. The lowest BCUT2D eigenvalue weighted by molar-refractivity contribution is 0.102. The number of rotatable bonds is 5. The Labute approximate surface area is 176 Å². The minimum absolute atomic E-state index is 0.202. The molecule has 25 heavy (non-hydrogen) atoms. The lowest BCUT2D eigenvalue weighted by Crippen LogP contribution is -2.11. The molecule has 9 heteroatoms. The van der Waals surface area contributed by atoms with E-state index in [2.05, 4.69) is 38.1 Å². The topological polar surface area (TPSA) is 54.9 Å². The molecule has 0 aliphatic carbocycles. The Balaban J connectivity index is 1.61. The monoisotopic (exact) mass is 521 g/mol. The molecular weight excluding hydrogens is 512 g/mol. The van der Waals surface area contributed by atoms with Crippen molar-refractivity contribution in [2.45, 2.75) is 10.1 Å². The highest BCUT2D eigenvalue weighted by Gasteiger charge is 2.11. The van der Waals surface area contributed by atoms with Gasteiger partial charge < -0.3 is 0 Å². The second-order valence-electron chi connectivity index (χ2n) is 4.86. The quantitative estimate of drug-likeness (QED) is 0.254. The highest BCUT2D eigenvalue weighted by Crippen LogP contribution is 2.31. The van der Waals surface area contributed by atoms with E-state index in [-0.39, 0.29) is 5.91 Å². The first-order chi connectivity index (χ1) is 12.0. The van der Waals surface area contributed by atoms with Crippen LogP contribution in [0, 0.1) is 3.57 Å². The number of halogens is 3. The van der Waals surface area contributed by atoms with Crippen molar-refractivity contribution in [3.8, 4) is 0 Å². The Morgan fingerprint density at radius 2 is 2.04 bits per heavy atom. The van der Waals surface area contributed by atoms with E-state index in [0.29, 0.717) is 26.5 Å². The molecule has 0 saturated heterocycles. The molecule has 0 atom stereocenters. The van der Waals surface area contributed by atoms with Gasteiger partial charge in [-0.2, -0.15) is 0 Å². The van der Waals surface area contributed by atoms with Gasteiger partial charge in [-0.3, -0.25) is 10.1 Å². The summed E-state index contributed by atoms with van der Waals surface area (Å²) in [6, 6.07) is 12.7. The SMILES string of the molecule is O=C(Nc1nnc(SCc2ccc(Cl)cc2Cl)s1)c1cccc(I)c1. The number of thioether (sulfide) groups is 1. The number of hydrogen-bond donors (Lipinski definition) is 1. The van der Waals surface area contributed by atoms with E-state index >= 15 is 0 Å². The number of nitrogens with zero attached hydrogens (tertiary/aromatic N) is 2. The van der Waals surface area contributed by atoms with Crippen LogP contribution in [0.2, 0.25) is 10.0 Å². The van der Waals surface area contributed by atoms with Crippen molar-refractivity contribution in [2.24, 2.45) is 0 Å². The number of nitrogens with one attached hydrogen (secondary N) is 1. The molecule has 1 heterocycles. The summed E-state index contributed by atoms with van der Waals surface area (Å²) in [4.78, 5) is 12.2. The molecule has 1 N–H and O–H groups in total. The Morgan fingerprint density at radius 1 is 1.20 bits per heavy atom. The number of amides is 1. The van der Waals surface area contributed by atoms with Gasteiger partial charge in [-0.15, -0.1) is 10.2 Å². The molecule has 3 rings (SSSR count). The number of carbonyl (C=O) groups is 1. The molecule has 0 saturated carbocycles. The van der Waals surface area contributed by atoms with Gasteiger partial charge in [-0.25, -0.2) is 0 Å². The van der Waals surface area contributed by atoms with Crippen molar-refractivity contribution >= 4 is 79.9 Å². The van der Waals surface area contributed by atoms with Gasteiger partial charge in [0.2, 0.25) is 5.13 Å². The lowest BCUT2D eigenvalue weighted by atomic mass is 10.2. The summed E-state index contributed by atoms with van der Waals surface area (Å²) in [5.74, 6) is 0.446. The van der Waals surface area contributed by atoms with E-state index in [1.165, 1.54) is 23.1 Å². The van der Waals surface area contributed by atoms with Crippen LogP contribution in [-0.4, -0.2) is 16.1 Å². The van der Waals surface area contributed by atoms with Crippen molar-refractivity contribution < 1.29 is 4.79 Å². The molecule has 128 valence electrons. The Morgan fingerprint density at radius 3 is 2.80 bits per heavy atom. The molecule has 0 unspecified atom stereocenters. The highest BCUT2D eigenvalue weighted by atomic mass is 127. The Hall–Kier alpha value is -0.870. The average Bonchev–Trinajstić information content (AvgIpc) is 3.01. The molecule has 3 aromatic rings. The van der Waals surface area contributed by atoms with E-state index < -0.39 is 0 Å². The van der Waals surface area contributed by atoms with Crippen LogP contribution in [-0.2, 0) is 5.75 Å². The largest absolute Gasteiger partial charge is 0.296 e. The van der Waals surface area contributed by atoms with Crippen LogP contribution in [0.15, 0.2) is 46.8 Å². The first-order valence-corrected chi connectivity index (χ1v) is 10.6. The maximum absolute atomic E-state index is 12.2. The number of anilines is 1. The smallest absolute Gasteiger partial charge is 0.257 e. The van der Waals surface area contributed by atoms with Crippen LogP contribution in [0.25, 0.3) is 0 Å². The fraction of sp³-hybridized carbons (Fsp3) is 0.0625. The van der Waals surface area contributed by atoms with E-state index in [4.69, 9.17) is 23.2 Å². The minimum Gasteiger partial charge on any atom is -0.296 e. The second kappa shape index (κ2) is 8.68. The summed E-state index contributed by atoms with van der Waals surface area (Å²) in [6.07, 6.45) is 0. The van der Waals surface area contributed by atoms with Gasteiger partial charge in [0.1, 0.15) is 0 Å². The molecule has 0 radical (unpaired) electrons. The molecule has 2 aromatic carbocycles. The predicted octanol–water partition coefficient (Wildman–Crippen LogP) is 5.99. The second-order valence-corrected chi connectivity index (χ2v) is 9.15. The van der Waals surface area contributed by atoms with Crippen LogP contribution in [0.5, 0.6) is 0 Å². The standard InChI is InChI=1S/C16H10Cl2IN3OS2/c17-11-5-4-10(13(18)7-11)8-24-16-22-21-15(25-16)20-14(23)9-2-1-3-12(19)6-9/h1-7H,8H2,(H,20,21,23). The van der Waals surface area contributed by atoms with Crippen LogP contribution in [0.1, 0.15) is 15.9 Å². The summed E-state index contributed by atoms with van der Waals surface area (Å²) in [5, 5.41) is 12.6. The van der Waals surface area contributed by atoms with Crippen molar-refractivity contribution in [1.82, 2.24) is 10.2 Å². The van der Waals surface area contributed by atoms with Gasteiger partial charge >= 0.3 is 0 Å². The third-order valence-corrected chi connectivity index (χ3v) is 6.36. The molecular formula is C16H10Cl2IN3OS2. The van der Waals surface area contributed by atoms with Crippen molar-refractivity contribution in [1.29, 1.82) is 0 Å². The van der Waals surface area contributed by atoms with Gasteiger partial charge in [0, 0.05) is 24.9 Å². The summed E-state index contributed by atoms with van der Waals surface area (Å²) < 4.78 is 1.75. The number of carbonyl (C=O) groups excluding carboxylic acids is 1. The van der Waals surface area contributed by atoms with Crippen molar-refractivity contribution in [3.05, 3.63) is 67.2 Å². The third-order valence-electron chi connectivity index (χ3n) is 3.08. The molecule has 0 spiro atoms. The van der Waals surface area contributed by atoms with Crippen molar-refractivity contribution in [2.75, 3.05) is 5.32 Å². The zero-order valence-corrected chi connectivity index (χ0v) is 17.8. The highest BCUT2D eigenvalue weighted by molar-refractivity contribution is 14.1. The van der Waals surface area contributed by atoms with Crippen molar-refractivity contribution in [3.63, 3.8) is 0 Å². The van der Waals surface area contributed by atoms with Gasteiger partial charge in [0.05, 0.1) is 0 Å². The van der Waals surface area contributed by atoms with Crippen LogP contribution < -0.4 is 5.32 Å². The summed E-state index contributed by atoms with van der Waals surface area (Å²) >= 11 is 17.1. The molecule has 0 aliphatic rings. The fourth-order valence-corrected chi connectivity index (χ4v) is 4.74. The maximum Gasteiger partial charge on any atom is 0.257 e. The lowest BCUT2D eigenvalue weighted by Gasteiger charge is -2.02. The van der Waals surface area contributed by atoms with E-state index in [1.807, 2.05) is 24.3 Å². The minimum atomic E-state index is -0.202. The van der Waals surface area contributed by atoms with Gasteiger partial charge in [-0.05, 0) is 58.5 Å².